The van der Waals surface area contributed by atoms with E-state index in [4.69, 9.17) is 0 Å². The molecule has 0 saturated heterocycles. The van der Waals surface area contributed by atoms with Gasteiger partial charge in [-0.3, -0.25) is 9.56 Å². The highest BCUT2D eigenvalue weighted by Gasteiger charge is 2.12. The molecule has 0 fully saturated rings. The molecule has 0 bridgehead atoms. The van der Waals surface area contributed by atoms with Gasteiger partial charge in [0.05, 0.1) is 6.54 Å². The lowest BCUT2D eigenvalue weighted by Crippen LogP contribution is -2.39. The maximum absolute atomic E-state index is 12.7. The summed E-state index contributed by atoms with van der Waals surface area (Å²) in [4.78, 5) is 9.30. The quantitative estimate of drug-likeness (QED) is 0.399. The molecule has 0 amide bonds. The Kier molecular flexibility index (Phi) is 8.45. The van der Waals surface area contributed by atoms with E-state index in [2.05, 4.69) is 33.6 Å². The van der Waals surface area contributed by atoms with Gasteiger partial charge in [-0.2, -0.15) is 8.78 Å². The standard InChI is InChI=1S/C14H19F2N5S.HI/c1-10(11-4-3-7-22-11)8-19-14(17-2)20-9-12-18-5-6-21(12)13(15)16;/h3-7,10,13H,8-9H2,1-2H3,(H2,17,19,20);1H. The fourth-order valence-corrected chi connectivity index (χ4v) is 2.75. The topological polar surface area (TPSA) is 54.2 Å². The van der Waals surface area contributed by atoms with Crippen molar-refractivity contribution in [3.05, 3.63) is 40.6 Å². The van der Waals surface area contributed by atoms with Gasteiger partial charge in [-0.25, -0.2) is 4.98 Å². The Labute approximate surface area is 155 Å². The summed E-state index contributed by atoms with van der Waals surface area (Å²) >= 11 is 1.71. The summed E-state index contributed by atoms with van der Waals surface area (Å²) in [6, 6.07) is 4.11. The molecule has 1 atom stereocenters. The molecule has 0 saturated carbocycles. The van der Waals surface area contributed by atoms with Crippen molar-refractivity contribution >= 4 is 41.3 Å². The van der Waals surface area contributed by atoms with E-state index in [1.807, 2.05) is 11.4 Å². The third-order valence-electron chi connectivity index (χ3n) is 3.20. The van der Waals surface area contributed by atoms with Gasteiger partial charge in [-0.1, -0.05) is 13.0 Å². The molecule has 2 N–H and O–H groups in total. The molecule has 2 heterocycles. The molecule has 128 valence electrons. The largest absolute Gasteiger partial charge is 0.356 e. The lowest BCUT2D eigenvalue weighted by molar-refractivity contribution is 0.0668. The summed E-state index contributed by atoms with van der Waals surface area (Å²) in [6.45, 7) is 0.428. The van der Waals surface area contributed by atoms with E-state index in [0.29, 0.717) is 18.4 Å². The Bertz CT molecular complexity index is 600. The van der Waals surface area contributed by atoms with E-state index >= 15 is 0 Å². The SMILES string of the molecule is CN=C(NCc1nccn1C(F)F)NCC(C)c1cccs1.I. The molecular weight excluding hydrogens is 435 g/mol. The molecule has 9 heteroatoms. The van der Waals surface area contributed by atoms with Crippen LogP contribution < -0.4 is 10.6 Å². The number of rotatable bonds is 6. The first-order chi connectivity index (χ1) is 10.6. The number of nitrogens with one attached hydrogen (secondary N) is 2. The molecule has 0 aliphatic carbocycles. The van der Waals surface area contributed by atoms with E-state index < -0.39 is 6.55 Å². The summed E-state index contributed by atoms with van der Waals surface area (Å²) in [5.74, 6) is 1.18. The minimum Gasteiger partial charge on any atom is -0.356 e. The summed E-state index contributed by atoms with van der Waals surface area (Å²) in [7, 11) is 1.64. The first kappa shape index (κ1) is 19.8. The number of hydrogen-bond donors (Lipinski definition) is 2. The molecule has 5 nitrogen and oxygen atoms in total. The number of imidazole rings is 1. The summed E-state index contributed by atoms with van der Waals surface area (Å²) < 4.78 is 26.3. The molecule has 2 aromatic rings. The fourth-order valence-electron chi connectivity index (χ4n) is 1.96. The van der Waals surface area contributed by atoms with E-state index in [9.17, 15) is 8.78 Å². The molecule has 2 rings (SSSR count). The summed E-state index contributed by atoms with van der Waals surface area (Å²) in [5.41, 5.74) is 0. The van der Waals surface area contributed by atoms with Crippen molar-refractivity contribution in [3.63, 3.8) is 0 Å². The van der Waals surface area contributed by atoms with Crippen molar-refractivity contribution in [1.29, 1.82) is 0 Å². The fraction of sp³-hybridized carbons (Fsp3) is 0.429. The van der Waals surface area contributed by atoms with Crippen LogP contribution in [0.25, 0.3) is 0 Å². The monoisotopic (exact) mass is 455 g/mol. The molecule has 0 aromatic carbocycles. The third-order valence-corrected chi connectivity index (χ3v) is 4.31. The zero-order valence-electron chi connectivity index (χ0n) is 12.9. The van der Waals surface area contributed by atoms with Crippen molar-refractivity contribution < 1.29 is 8.78 Å². The van der Waals surface area contributed by atoms with Gasteiger partial charge in [0.1, 0.15) is 5.82 Å². The number of aromatic nitrogens is 2. The van der Waals surface area contributed by atoms with Crippen molar-refractivity contribution in [1.82, 2.24) is 20.2 Å². The Balaban J connectivity index is 0.00000264. The van der Waals surface area contributed by atoms with Gasteiger partial charge < -0.3 is 10.6 Å². The number of hydrogen-bond acceptors (Lipinski definition) is 3. The van der Waals surface area contributed by atoms with E-state index in [-0.39, 0.29) is 36.3 Å². The van der Waals surface area contributed by atoms with E-state index in [1.165, 1.54) is 17.3 Å². The van der Waals surface area contributed by atoms with Gasteiger partial charge >= 0.3 is 6.55 Å². The molecule has 0 radical (unpaired) electrons. The van der Waals surface area contributed by atoms with E-state index in [1.54, 1.807) is 18.4 Å². The minimum absolute atomic E-state index is 0. The second-order valence-corrected chi connectivity index (χ2v) is 5.73. The van der Waals surface area contributed by atoms with Crippen molar-refractivity contribution in [2.24, 2.45) is 4.99 Å². The van der Waals surface area contributed by atoms with Gasteiger partial charge in [-0.15, -0.1) is 35.3 Å². The highest BCUT2D eigenvalue weighted by Crippen LogP contribution is 2.19. The highest BCUT2D eigenvalue weighted by atomic mass is 127. The van der Waals surface area contributed by atoms with Crippen LogP contribution in [0.3, 0.4) is 0 Å². The second kappa shape index (κ2) is 9.81. The van der Waals surface area contributed by atoms with Crippen LogP contribution in [0.4, 0.5) is 8.78 Å². The number of guanidine groups is 1. The average Bonchev–Trinajstić information content (AvgIpc) is 3.18. The molecule has 0 aliphatic heterocycles. The average molecular weight is 455 g/mol. The van der Waals surface area contributed by atoms with Crippen molar-refractivity contribution in [3.8, 4) is 0 Å². The Morgan fingerprint density at radius 3 is 2.83 bits per heavy atom. The lowest BCUT2D eigenvalue weighted by atomic mass is 10.1. The zero-order chi connectivity index (χ0) is 15.9. The van der Waals surface area contributed by atoms with Gasteiger partial charge in [0.2, 0.25) is 0 Å². The zero-order valence-corrected chi connectivity index (χ0v) is 16.0. The summed E-state index contributed by atoms with van der Waals surface area (Å²) in [6.07, 6.45) is 2.62. The normalized spacial score (nSPS) is 12.8. The molecule has 1 unspecified atom stereocenters. The minimum atomic E-state index is -2.59. The van der Waals surface area contributed by atoms with E-state index in [0.717, 1.165) is 4.57 Å². The smallest absolute Gasteiger partial charge is 0.319 e. The Morgan fingerprint density at radius 1 is 1.43 bits per heavy atom. The van der Waals surface area contributed by atoms with Crippen LogP contribution in [-0.4, -0.2) is 29.1 Å². The van der Waals surface area contributed by atoms with Crippen LogP contribution in [0, 0.1) is 0 Å². The van der Waals surface area contributed by atoms with Gasteiger partial charge in [0, 0.05) is 36.8 Å². The van der Waals surface area contributed by atoms with Gasteiger partial charge in [0.15, 0.2) is 5.96 Å². The van der Waals surface area contributed by atoms with Crippen LogP contribution in [0.15, 0.2) is 34.9 Å². The third kappa shape index (κ3) is 5.72. The molecule has 2 aromatic heterocycles. The lowest BCUT2D eigenvalue weighted by Gasteiger charge is -2.15. The first-order valence-electron chi connectivity index (χ1n) is 6.89. The maximum atomic E-state index is 12.7. The molecule has 23 heavy (non-hydrogen) atoms. The number of thiophene rings is 1. The first-order valence-corrected chi connectivity index (χ1v) is 7.77. The van der Waals surface area contributed by atoms with Crippen LogP contribution in [-0.2, 0) is 6.54 Å². The van der Waals surface area contributed by atoms with Gasteiger partial charge in [-0.05, 0) is 11.4 Å². The van der Waals surface area contributed by atoms with Crippen LogP contribution in [0.5, 0.6) is 0 Å². The maximum Gasteiger partial charge on any atom is 0.319 e. The van der Waals surface area contributed by atoms with Crippen LogP contribution in [0.2, 0.25) is 0 Å². The van der Waals surface area contributed by atoms with Crippen molar-refractivity contribution in [2.75, 3.05) is 13.6 Å². The van der Waals surface area contributed by atoms with Gasteiger partial charge in [0.25, 0.3) is 0 Å². The Hall–Kier alpha value is -1.23. The predicted molar refractivity (Wildman–Crippen MR) is 99.8 cm³/mol. The van der Waals surface area contributed by atoms with Crippen molar-refractivity contribution in [2.45, 2.75) is 25.9 Å². The molecule has 0 spiro atoms. The number of halogens is 3. The highest BCUT2D eigenvalue weighted by molar-refractivity contribution is 14.0. The predicted octanol–water partition coefficient (Wildman–Crippen LogP) is 3.43. The second-order valence-electron chi connectivity index (χ2n) is 4.75. The number of nitrogens with zero attached hydrogens (tertiary/aromatic N) is 3. The Morgan fingerprint density at radius 2 is 2.22 bits per heavy atom. The number of alkyl halides is 2. The summed E-state index contributed by atoms with van der Waals surface area (Å²) in [5, 5.41) is 8.23. The van der Waals surface area contributed by atoms with Crippen LogP contribution in [0.1, 0.15) is 30.1 Å². The van der Waals surface area contributed by atoms with Crippen LogP contribution >= 0.6 is 35.3 Å². The molecule has 0 aliphatic rings. The number of aliphatic imine (C=N–C) groups is 1. The molecular formula is C14H20F2IN5S.